The smallest absolute Gasteiger partial charge is 0.152 e. The molecule has 1 atom stereocenters. The Kier molecular flexibility index (Phi) is 4.48. The molecule has 1 saturated carbocycles. The van der Waals surface area contributed by atoms with Crippen molar-refractivity contribution in [1.29, 1.82) is 5.26 Å². The number of aromatic nitrogens is 2. The van der Waals surface area contributed by atoms with Crippen LogP contribution >= 0.6 is 11.6 Å². The molecule has 0 amide bonds. The Morgan fingerprint density at radius 2 is 1.95 bits per heavy atom. The van der Waals surface area contributed by atoms with Gasteiger partial charge in [-0.2, -0.15) is 5.26 Å². The average Bonchev–Trinajstić information content (AvgIpc) is 3.14. The van der Waals surface area contributed by atoms with Crippen molar-refractivity contribution in [3.63, 3.8) is 0 Å². The van der Waals surface area contributed by atoms with Crippen molar-refractivity contribution in [3.05, 3.63) is 17.2 Å². The minimum absolute atomic E-state index is 0.296. The van der Waals surface area contributed by atoms with Crippen molar-refractivity contribution in [2.24, 2.45) is 7.05 Å². The van der Waals surface area contributed by atoms with E-state index in [0.717, 1.165) is 37.9 Å². The van der Waals surface area contributed by atoms with Gasteiger partial charge in [-0.25, -0.2) is 4.98 Å². The summed E-state index contributed by atoms with van der Waals surface area (Å²) in [5.41, 5.74) is 0.813. The molecule has 0 spiro atoms. The second-order valence-electron chi connectivity index (χ2n) is 6.07. The SMILES string of the molecule is Cn1cnc(Cl)c1C(C#N)N1CCN(C2CCCC2)CC1. The number of halogens is 1. The highest BCUT2D eigenvalue weighted by atomic mass is 35.5. The molecule has 2 heterocycles. The molecule has 1 aliphatic carbocycles. The fourth-order valence-corrected chi connectivity index (χ4v) is 3.94. The van der Waals surface area contributed by atoms with Gasteiger partial charge in [0.15, 0.2) is 5.15 Å². The Hall–Kier alpha value is -1.09. The zero-order chi connectivity index (χ0) is 14.8. The van der Waals surface area contributed by atoms with Gasteiger partial charge in [0, 0.05) is 39.3 Å². The van der Waals surface area contributed by atoms with Gasteiger partial charge >= 0.3 is 0 Å². The quantitative estimate of drug-likeness (QED) is 0.859. The maximum atomic E-state index is 9.57. The summed E-state index contributed by atoms with van der Waals surface area (Å²) >= 11 is 6.15. The molecule has 0 radical (unpaired) electrons. The van der Waals surface area contributed by atoms with Crippen LogP contribution in [-0.2, 0) is 7.05 Å². The Morgan fingerprint density at radius 1 is 1.29 bits per heavy atom. The van der Waals surface area contributed by atoms with Crippen LogP contribution in [0.25, 0.3) is 0 Å². The normalized spacial score (nSPS) is 23.3. The number of nitriles is 1. The molecule has 1 aromatic heterocycles. The van der Waals surface area contributed by atoms with E-state index in [2.05, 4.69) is 20.9 Å². The Morgan fingerprint density at radius 3 is 2.48 bits per heavy atom. The molecule has 1 aliphatic heterocycles. The van der Waals surface area contributed by atoms with Gasteiger partial charge in [0.05, 0.1) is 18.1 Å². The van der Waals surface area contributed by atoms with Gasteiger partial charge < -0.3 is 4.57 Å². The lowest BCUT2D eigenvalue weighted by molar-refractivity contribution is 0.0824. The van der Waals surface area contributed by atoms with E-state index in [1.54, 1.807) is 6.33 Å². The van der Waals surface area contributed by atoms with Crippen LogP contribution in [0.2, 0.25) is 5.15 Å². The number of hydrogen-bond donors (Lipinski definition) is 0. The molecule has 0 aromatic carbocycles. The number of rotatable bonds is 3. The number of imidazole rings is 1. The van der Waals surface area contributed by atoms with Crippen molar-refractivity contribution in [2.45, 2.75) is 37.8 Å². The summed E-state index contributed by atoms with van der Waals surface area (Å²) in [6, 6.07) is 2.88. The van der Waals surface area contributed by atoms with E-state index < -0.39 is 0 Å². The van der Waals surface area contributed by atoms with Gasteiger partial charge in [-0.3, -0.25) is 9.80 Å². The van der Waals surface area contributed by atoms with Crippen molar-refractivity contribution in [1.82, 2.24) is 19.4 Å². The van der Waals surface area contributed by atoms with Crippen LogP contribution in [0.15, 0.2) is 6.33 Å². The van der Waals surface area contributed by atoms with E-state index in [9.17, 15) is 5.26 Å². The third-order valence-electron chi connectivity index (χ3n) is 4.87. The van der Waals surface area contributed by atoms with E-state index in [1.165, 1.54) is 25.7 Å². The number of hydrogen-bond acceptors (Lipinski definition) is 4. The molecule has 1 aromatic rings. The standard InChI is InChI=1S/C15H22ClN5/c1-19-11-18-15(16)14(19)13(10-17)21-8-6-20(7-9-21)12-4-2-3-5-12/h11-13H,2-9H2,1H3. The molecule has 0 N–H and O–H groups in total. The molecule has 21 heavy (non-hydrogen) atoms. The van der Waals surface area contributed by atoms with E-state index in [0.29, 0.717) is 5.15 Å². The van der Waals surface area contributed by atoms with Gasteiger partial charge in [0.2, 0.25) is 0 Å². The molecule has 1 unspecified atom stereocenters. The molecule has 114 valence electrons. The van der Waals surface area contributed by atoms with Crippen molar-refractivity contribution < 1.29 is 0 Å². The molecule has 3 rings (SSSR count). The number of piperazine rings is 1. The summed E-state index contributed by atoms with van der Waals surface area (Å²) in [7, 11) is 1.90. The molecule has 2 fully saturated rings. The van der Waals surface area contributed by atoms with Crippen molar-refractivity contribution in [2.75, 3.05) is 26.2 Å². The molecule has 0 bridgehead atoms. The van der Waals surface area contributed by atoms with Crippen LogP contribution in [-0.4, -0.2) is 51.6 Å². The Balaban J connectivity index is 1.66. The molecular weight excluding hydrogens is 286 g/mol. The largest absolute Gasteiger partial charge is 0.334 e. The Labute approximate surface area is 131 Å². The second-order valence-corrected chi connectivity index (χ2v) is 6.43. The van der Waals surface area contributed by atoms with E-state index >= 15 is 0 Å². The van der Waals surface area contributed by atoms with Crippen LogP contribution in [0.3, 0.4) is 0 Å². The van der Waals surface area contributed by atoms with E-state index in [-0.39, 0.29) is 6.04 Å². The van der Waals surface area contributed by atoms with E-state index in [1.807, 2.05) is 11.6 Å². The van der Waals surface area contributed by atoms with Gasteiger partial charge in [0.1, 0.15) is 6.04 Å². The second kappa shape index (κ2) is 6.35. The summed E-state index contributed by atoms with van der Waals surface area (Å²) in [6.45, 7) is 3.96. The zero-order valence-electron chi connectivity index (χ0n) is 12.5. The van der Waals surface area contributed by atoms with Gasteiger partial charge in [-0.05, 0) is 12.8 Å². The maximum Gasteiger partial charge on any atom is 0.152 e. The summed E-state index contributed by atoms with van der Waals surface area (Å²) in [4.78, 5) is 8.93. The monoisotopic (exact) mass is 307 g/mol. The third-order valence-corrected chi connectivity index (χ3v) is 5.16. The summed E-state index contributed by atoms with van der Waals surface area (Å²) in [6.07, 6.45) is 7.11. The average molecular weight is 308 g/mol. The minimum atomic E-state index is -0.296. The fourth-order valence-electron chi connectivity index (χ4n) is 3.66. The summed E-state index contributed by atoms with van der Waals surface area (Å²) < 4.78 is 1.86. The van der Waals surface area contributed by atoms with Crippen molar-refractivity contribution >= 4 is 11.6 Å². The lowest BCUT2D eigenvalue weighted by atomic mass is 10.1. The highest BCUT2D eigenvalue weighted by Gasteiger charge is 2.31. The predicted molar refractivity (Wildman–Crippen MR) is 82.0 cm³/mol. The van der Waals surface area contributed by atoms with Crippen LogP contribution in [0, 0.1) is 11.3 Å². The van der Waals surface area contributed by atoms with Crippen molar-refractivity contribution in [3.8, 4) is 6.07 Å². The molecule has 2 aliphatic rings. The summed E-state index contributed by atoms with van der Waals surface area (Å²) in [5, 5.41) is 10.0. The minimum Gasteiger partial charge on any atom is -0.334 e. The van der Waals surface area contributed by atoms with Crippen LogP contribution in [0.5, 0.6) is 0 Å². The van der Waals surface area contributed by atoms with Gasteiger partial charge in [0.25, 0.3) is 0 Å². The lowest BCUT2D eigenvalue weighted by Crippen LogP contribution is -2.50. The highest BCUT2D eigenvalue weighted by Crippen LogP contribution is 2.29. The molecule has 1 saturated heterocycles. The fraction of sp³-hybridized carbons (Fsp3) is 0.733. The first-order valence-corrected chi connectivity index (χ1v) is 8.13. The maximum absolute atomic E-state index is 9.57. The first-order valence-electron chi connectivity index (χ1n) is 7.75. The molecule has 6 heteroatoms. The van der Waals surface area contributed by atoms with Crippen LogP contribution in [0.4, 0.5) is 0 Å². The first kappa shape index (κ1) is 14.8. The van der Waals surface area contributed by atoms with Crippen LogP contribution < -0.4 is 0 Å². The lowest BCUT2D eigenvalue weighted by Gasteiger charge is -2.39. The number of aryl methyl sites for hydroxylation is 1. The predicted octanol–water partition coefficient (Wildman–Crippen LogP) is 2.20. The van der Waals surface area contributed by atoms with Crippen LogP contribution in [0.1, 0.15) is 37.4 Å². The zero-order valence-corrected chi connectivity index (χ0v) is 13.3. The summed E-state index contributed by atoms with van der Waals surface area (Å²) in [5.74, 6) is 0. The third kappa shape index (κ3) is 2.94. The first-order chi connectivity index (χ1) is 10.2. The van der Waals surface area contributed by atoms with Gasteiger partial charge in [-0.1, -0.05) is 24.4 Å². The van der Waals surface area contributed by atoms with E-state index in [4.69, 9.17) is 11.6 Å². The number of nitrogens with zero attached hydrogens (tertiary/aromatic N) is 5. The highest BCUT2D eigenvalue weighted by molar-refractivity contribution is 6.30. The molecular formula is C15H22ClN5. The van der Waals surface area contributed by atoms with Gasteiger partial charge in [-0.15, -0.1) is 0 Å². The molecule has 5 nitrogen and oxygen atoms in total. The topological polar surface area (TPSA) is 48.1 Å². The Bertz CT molecular complexity index is 501.